The molecule has 21 heavy (non-hydrogen) atoms. The first-order valence-electron chi connectivity index (χ1n) is 7.82. The number of carbonyl (C=O) groups excluding carboxylic acids is 1. The van der Waals surface area contributed by atoms with Gasteiger partial charge in [-0.3, -0.25) is 4.79 Å². The van der Waals surface area contributed by atoms with Crippen LogP contribution in [0.4, 0.5) is 0 Å². The van der Waals surface area contributed by atoms with Crippen molar-refractivity contribution in [1.29, 1.82) is 0 Å². The summed E-state index contributed by atoms with van der Waals surface area (Å²) in [5, 5.41) is 12.4. The molecule has 1 amide bonds. The van der Waals surface area contributed by atoms with Crippen LogP contribution >= 0.6 is 0 Å². The van der Waals surface area contributed by atoms with Crippen LogP contribution in [0.5, 0.6) is 0 Å². The predicted octanol–water partition coefficient (Wildman–Crippen LogP) is 1.96. The number of nitrogens with zero attached hydrogens (tertiary/aromatic N) is 1. The minimum Gasteiger partial charge on any atom is -0.394 e. The van der Waals surface area contributed by atoms with Gasteiger partial charge in [0.15, 0.2) is 0 Å². The second-order valence-electron chi connectivity index (χ2n) is 6.00. The summed E-state index contributed by atoms with van der Waals surface area (Å²) >= 11 is 0. The maximum absolute atomic E-state index is 12.1. The highest BCUT2D eigenvalue weighted by Gasteiger charge is 2.19. The average molecular weight is 290 g/mol. The summed E-state index contributed by atoms with van der Waals surface area (Å²) in [5.74, 6) is 0.702. The summed E-state index contributed by atoms with van der Waals surface area (Å²) in [7, 11) is 2.15. The van der Waals surface area contributed by atoms with Crippen LogP contribution in [0.3, 0.4) is 0 Å². The largest absolute Gasteiger partial charge is 0.394 e. The molecule has 1 aromatic rings. The minimum absolute atomic E-state index is 0.0387. The van der Waals surface area contributed by atoms with Crippen LogP contribution in [0.2, 0.25) is 0 Å². The second-order valence-corrected chi connectivity index (χ2v) is 6.00. The minimum atomic E-state index is -0.295. The van der Waals surface area contributed by atoms with E-state index in [0.29, 0.717) is 12.3 Å². The number of hydrogen-bond donors (Lipinski definition) is 2. The van der Waals surface area contributed by atoms with E-state index in [1.807, 2.05) is 30.3 Å². The van der Waals surface area contributed by atoms with Gasteiger partial charge < -0.3 is 15.3 Å². The van der Waals surface area contributed by atoms with E-state index in [1.54, 1.807) is 0 Å². The molecule has 0 bridgehead atoms. The molecule has 0 aromatic heterocycles. The van der Waals surface area contributed by atoms with Gasteiger partial charge in [-0.2, -0.15) is 0 Å². The molecule has 1 saturated heterocycles. The SMILES string of the molecule is CN1CCC(CCC(=O)NC(CO)c2ccccc2)CC1. The van der Waals surface area contributed by atoms with E-state index in [9.17, 15) is 9.90 Å². The van der Waals surface area contributed by atoms with E-state index < -0.39 is 0 Å². The molecular weight excluding hydrogens is 264 g/mol. The molecular formula is C17H26N2O2. The summed E-state index contributed by atoms with van der Waals surface area (Å²) < 4.78 is 0. The van der Waals surface area contributed by atoms with Gasteiger partial charge in [0, 0.05) is 6.42 Å². The third-order valence-electron chi connectivity index (χ3n) is 4.34. The highest BCUT2D eigenvalue weighted by molar-refractivity contribution is 5.76. The van der Waals surface area contributed by atoms with Gasteiger partial charge in [-0.1, -0.05) is 30.3 Å². The maximum atomic E-state index is 12.1. The lowest BCUT2D eigenvalue weighted by atomic mass is 9.92. The molecule has 2 rings (SSSR count). The number of aliphatic hydroxyl groups excluding tert-OH is 1. The Morgan fingerprint density at radius 2 is 2.00 bits per heavy atom. The van der Waals surface area contributed by atoms with Crippen molar-refractivity contribution in [3.05, 3.63) is 35.9 Å². The lowest BCUT2D eigenvalue weighted by molar-refractivity contribution is -0.122. The molecule has 0 saturated carbocycles. The van der Waals surface area contributed by atoms with Crippen LogP contribution < -0.4 is 5.32 Å². The second kappa shape index (κ2) is 8.15. The third kappa shape index (κ3) is 5.14. The van der Waals surface area contributed by atoms with Crippen LogP contribution in [0.1, 0.15) is 37.3 Å². The third-order valence-corrected chi connectivity index (χ3v) is 4.34. The van der Waals surface area contributed by atoms with Crippen molar-refractivity contribution in [3.8, 4) is 0 Å². The smallest absolute Gasteiger partial charge is 0.220 e. The fraction of sp³-hybridized carbons (Fsp3) is 0.588. The highest BCUT2D eigenvalue weighted by atomic mass is 16.3. The molecule has 1 fully saturated rings. The van der Waals surface area contributed by atoms with E-state index in [-0.39, 0.29) is 18.6 Å². The fourth-order valence-corrected chi connectivity index (χ4v) is 2.87. The number of amides is 1. The first-order valence-corrected chi connectivity index (χ1v) is 7.82. The van der Waals surface area contributed by atoms with Gasteiger partial charge >= 0.3 is 0 Å². The monoisotopic (exact) mass is 290 g/mol. The van der Waals surface area contributed by atoms with Crippen LogP contribution in [-0.2, 0) is 4.79 Å². The number of benzene rings is 1. The van der Waals surface area contributed by atoms with Crippen LogP contribution in [0.25, 0.3) is 0 Å². The number of nitrogens with one attached hydrogen (secondary N) is 1. The van der Waals surface area contributed by atoms with Gasteiger partial charge in [0.05, 0.1) is 12.6 Å². The Kier molecular flexibility index (Phi) is 6.21. The number of aliphatic hydroxyl groups is 1. The molecule has 0 aliphatic carbocycles. The van der Waals surface area contributed by atoms with Gasteiger partial charge in [-0.05, 0) is 50.9 Å². The molecule has 116 valence electrons. The Balaban J connectivity index is 1.75. The average Bonchev–Trinajstić information content (AvgIpc) is 2.53. The van der Waals surface area contributed by atoms with E-state index in [1.165, 1.54) is 12.8 Å². The molecule has 4 nitrogen and oxygen atoms in total. The summed E-state index contributed by atoms with van der Waals surface area (Å²) in [6, 6.07) is 9.33. The molecule has 1 heterocycles. The van der Waals surface area contributed by atoms with E-state index in [0.717, 1.165) is 25.1 Å². The quantitative estimate of drug-likeness (QED) is 0.842. The lowest BCUT2D eigenvalue weighted by Gasteiger charge is -2.28. The maximum Gasteiger partial charge on any atom is 0.220 e. The van der Waals surface area contributed by atoms with Crippen molar-refractivity contribution in [2.24, 2.45) is 5.92 Å². The van der Waals surface area contributed by atoms with E-state index in [2.05, 4.69) is 17.3 Å². The highest BCUT2D eigenvalue weighted by Crippen LogP contribution is 2.21. The Morgan fingerprint density at radius 3 is 2.62 bits per heavy atom. The normalized spacial score (nSPS) is 18.4. The number of piperidine rings is 1. The standard InChI is InChI=1S/C17H26N2O2/c1-19-11-9-14(10-12-19)7-8-17(21)18-16(13-20)15-5-3-2-4-6-15/h2-6,14,16,20H,7-13H2,1H3,(H,18,21). The fourth-order valence-electron chi connectivity index (χ4n) is 2.87. The van der Waals surface area contributed by atoms with E-state index >= 15 is 0 Å². The molecule has 4 heteroatoms. The van der Waals surface area contributed by atoms with Crippen molar-refractivity contribution in [3.63, 3.8) is 0 Å². The van der Waals surface area contributed by atoms with Crippen molar-refractivity contribution < 1.29 is 9.90 Å². The Morgan fingerprint density at radius 1 is 1.33 bits per heavy atom. The molecule has 1 aromatic carbocycles. The summed E-state index contributed by atoms with van der Waals surface area (Å²) in [4.78, 5) is 14.4. The summed E-state index contributed by atoms with van der Waals surface area (Å²) in [6.45, 7) is 2.20. The van der Waals surface area contributed by atoms with Gasteiger partial charge in [0.25, 0.3) is 0 Å². The van der Waals surface area contributed by atoms with E-state index in [4.69, 9.17) is 0 Å². The molecule has 0 radical (unpaired) electrons. The number of rotatable bonds is 6. The topological polar surface area (TPSA) is 52.6 Å². The molecule has 1 atom stereocenters. The zero-order valence-corrected chi connectivity index (χ0v) is 12.8. The number of carbonyl (C=O) groups is 1. The number of likely N-dealkylation sites (tertiary alicyclic amines) is 1. The van der Waals surface area contributed by atoms with Crippen molar-refractivity contribution in [2.45, 2.75) is 31.7 Å². The Labute approximate surface area is 127 Å². The summed E-state index contributed by atoms with van der Waals surface area (Å²) in [5.41, 5.74) is 0.952. The van der Waals surface area contributed by atoms with Crippen LogP contribution in [0, 0.1) is 5.92 Å². The Hall–Kier alpha value is -1.39. The first kappa shape index (κ1) is 16.0. The Bertz CT molecular complexity index is 428. The zero-order chi connectivity index (χ0) is 15.1. The number of hydrogen-bond acceptors (Lipinski definition) is 3. The molecule has 1 aliphatic heterocycles. The first-order chi connectivity index (χ1) is 10.2. The van der Waals surface area contributed by atoms with Gasteiger partial charge in [-0.25, -0.2) is 0 Å². The van der Waals surface area contributed by atoms with Gasteiger partial charge in [0.2, 0.25) is 5.91 Å². The zero-order valence-electron chi connectivity index (χ0n) is 12.8. The lowest BCUT2D eigenvalue weighted by Crippen LogP contribution is -2.33. The van der Waals surface area contributed by atoms with Gasteiger partial charge in [-0.15, -0.1) is 0 Å². The van der Waals surface area contributed by atoms with Crippen molar-refractivity contribution in [2.75, 3.05) is 26.7 Å². The predicted molar refractivity (Wildman–Crippen MR) is 83.9 cm³/mol. The summed E-state index contributed by atoms with van der Waals surface area (Å²) in [6.07, 6.45) is 3.88. The molecule has 1 unspecified atom stereocenters. The van der Waals surface area contributed by atoms with Crippen LogP contribution in [-0.4, -0.2) is 42.7 Å². The molecule has 0 spiro atoms. The van der Waals surface area contributed by atoms with Crippen molar-refractivity contribution >= 4 is 5.91 Å². The molecule has 1 aliphatic rings. The van der Waals surface area contributed by atoms with Crippen LogP contribution in [0.15, 0.2) is 30.3 Å². The van der Waals surface area contributed by atoms with Crippen molar-refractivity contribution in [1.82, 2.24) is 10.2 Å². The molecule has 2 N–H and O–H groups in total. The van der Waals surface area contributed by atoms with Gasteiger partial charge in [0.1, 0.15) is 0 Å².